The Morgan fingerprint density at radius 2 is 1.83 bits per heavy atom. The number of aromatic amines is 1. The topological polar surface area (TPSA) is 37.7 Å². The van der Waals surface area contributed by atoms with Crippen LogP contribution in [-0.4, -0.2) is 42.2 Å². The van der Waals surface area contributed by atoms with Crippen molar-refractivity contribution in [3.63, 3.8) is 0 Å². The van der Waals surface area contributed by atoms with E-state index in [4.69, 9.17) is 11.6 Å². The molecule has 0 radical (unpaired) electrons. The molecule has 0 saturated carbocycles. The van der Waals surface area contributed by atoms with Gasteiger partial charge < -0.3 is 4.90 Å². The van der Waals surface area contributed by atoms with E-state index in [0.717, 1.165) is 36.9 Å². The first-order valence-electron chi connectivity index (χ1n) is 8.06. The highest BCUT2D eigenvalue weighted by Crippen LogP contribution is 2.26. The number of hydrogen-bond acceptors (Lipinski definition) is 3. The number of anilines is 1. The summed E-state index contributed by atoms with van der Waals surface area (Å²) in [6, 6.07) is 13.7. The normalized spacial score (nSPS) is 16.1. The lowest BCUT2D eigenvalue weighted by atomic mass is 10.2. The molecule has 1 amide bonds. The molecule has 0 aliphatic carbocycles. The van der Waals surface area contributed by atoms with Crippen LogP contribution in [0.25, 0.3) is 0 Å². The largest absolute Gasteiger partial charge is 0.334 e. The highest BCUT2D eigenvalue weighted by Gasteiger charge is 2.28. The maximum absolute atomic E-state index is 12.7. The zero-order valence-electron chi connectivity index (χ0n) is 13.6. The Labute approximate surface area is 151 Å². The number of thioether (sulfide) groups is 1. The fourth-order valence-corrected chi connectivity index (χ4v) is 3.85. The van der Waals surface area contributed by atoms with Crippen molar-refractivity contribution in [3.05, 3.63) is 53.7 Å². The molecule has 24 heavy (non-hydrogen) atoms. The molecule has 2 heterocycles. The Bertz CT molecular complexity index is 672. The summed E-state index contributed by atoms with van der Waals surface area (Å²) in [6.45, 7) is 5.19. The number of rotatable bonds is 4. The van der Waals surface area contributed by atoms with Gasteiger partial charge in [0, 0.05) is 16.0 Å². The molecular formula is C18H21ClN3OS+. The Morgan fingerprint density at radius 1 is 1.12 bits per heavy atom. The summed E-state index contributed by atoms with van der Waals surface area (Å²) in [5.41, 5.74) is 0. The number of nitrogens with one attached hydrogen (secondary N) is 1. The summed E-state index contributed by atoms with van der Waals surface area (Å²) in [5, 5.41) is 0.619. The molecule has 1 aromatic heterocycles. The number of piperazine rings is 1. The second-order valence-electron chi connectivity index (χ2n) is 5.77. The van der Waals surface area contributed by atoms with Crippen molar-refractivity contribution < 1.29 is 9.78 Å². The number of carbonyl (C=O) groups excluding carboxylic acids is 1. The van der Waals surface area contributed by atoms with Crippen LogP contribution >= 0.6 is 23.4 Å². The highest BCUT2D eigenvalue weighted by molar-refractivity contribution is 8.00. The van der Waals surface area contributed by atoms with E-state index < -0.39 is 0 Å². The van der Waals surface area contributed by atoms with Crippen LogP contribution in [0.3, 0.4) is 0 Å². The molecule has 3 rings (SSSR count). The summed E-state index contributed by atoms with van der Waals surface area (Å²) in [4.78, 5) is 21.2. The van der Waals surface area contributed by atoms with Crippen LogP contribution in [-0.2, 0) is 4.79 Å². The van der Waals surface area contributed by atoms with Crippen LogP contribution in [0.2, 0.25) is 5.02 Å². The third-order valence-electron chi connectivity index (χ3n) is 4.10. The van der Waals surface area contributed by atoms with Gasteiger partial charge in [-0.15, -0.1) is 11.8 Å². The van der Waals surface area contributed by atoms with Gasteiger partial charge in [-0.25, -0.2) is 4.98 Å². The van der Waals surface area contributed by atoms with Gasteiger partial charge in [0.05, 0.1) is 24.5 Å². The minimum absolute atomic E-state index is 0.0963. The SMILES string of the molecule is C[C@@H](Sc1ccc(Cl)cc1)C(=O)N1CCN(c2cccc[nH+]2)CC1. The average molecular weight is 363 g/mol. The quantitative estimate of drug-likeness (QED) is 0.785. The molecule has 2 aromatic rings. The van der Waals surface area contributed by atoms with Crippen molar-refractivity contribution in [2.24, 2.45) is 0 Å². The zero-order chi connectivity index (χ0) is 16.9. The molecule has 0 unspecified atom stereocenters. The molecule has 1 fully saturated rings. The van der Waals surface area contributed by atoms with Crippen LogP contribution < -0.4 is 9.88 Å². The summed E-state index contributed by atoms with van der Waals surface area (Å²) in [6.07, 6.45) is 1.93. The number of carbonyl (C=O) groups is 1. The van der Waals surface area contributed by atoms with Gasteiger partial charge in [0.25, 0.3) is 5.82 Å². The molecule has 1 saturated heterocycles. The minimum atomic E-state index is -0.0963. The van der Waals surface area contributed by atoms with Crippen LogP contribution in [0.15, 0.2) is 53.6 Å². The Balaban J connectivity index is 1.53. The van der Waals surface area contributed by atoms with E-state index >= 15 is 0 Å². The maximum Gasteiger partial charge on any atom is 0.274 e. The van der Waals surface area contributed by atoms with Crippen molar-refractivity contribution in [3.8, 4) is 0 Å². The van der Waals surface area contributed by atoms with Gasteiger partial charge in [0.2, 0.25) is 5.91 Å². The van der Waals surface area contributed by atoms with E-state index in [1.54, 1.807) is 11.8 Å². The number of benzene rings is 1. The van der Waals surface area contributed by atoms with Gasteiger partial charge in [-0.05, 0) is 37.3 Å². The number of H-pyrrole nitrogens is 1. The zero-order valence-corrected chi connectivity index (χ0v) is 15.2. The lowest BCUT2D eigenvalue weighted by molar-refractivity contribution is -0.364. The minimum Gasteiger partial charge on any atom is -0.334 e. The highest BCUT2D eigenvalue weighted by atomic mass is 35.5. The van der Waals surface area contributed by atoms with E-state index in [1.807, 2.05) is 54.4 Å². The van der Waals surface area contributed by atoms with E-state index in [0.29, 0.717) is 5.02 Å². The van der Waals surface area contributed by atoms with E-state index in [1.165, 1.54) is 0 Å². The first-order valence-corrected chi connectivity index (χ1v) is 9.32. The third-order valence-corrected chi connectivity index (χ3v) is 5.45. The Hall–Kier alpha value is -1.72. The molecule has 0 bridgehead atoms. The molecule has 4 nitrogen and oxygen atoms in total. The molecule has 1 aromatic carbocycles. The number of aromatic nitrogens is 1. The number of halogens is 1. The Morgan fingerprint density at radius 3 is 2.46 bits per heavy atom. The van der Waals surface area contributed by atoms with Gasteiger partial charge >= 0.3 is 0 Å². The molecule has 1 aliphatic rings. The van der Waals surface area contributed by atoms with Crippen LogP contribution in [0.1, 0.15) is 6.92 Å². The number of nitrogens with zero attached hydrogens (tertiary/aromatic N) is 2. The molecule has 1 aliphatic heterocycles. The van der Waals surface area contributed by atoms with Crippen molar-refractivity contribution in [2.45, 2.75) is 17.1 Å². The lowest BCUT2D eigenvalue weighted by Gasteiger charge is -2.32. The maximum atomic E-state index is 12.7. The first-order chi connectivity index (χ1) is 11.6. The van der Waals surface area contributed by atoms with Crippen molar-refractivity contribution in [1.82, 2.24) is 4.90 Å². The van der Waals surface area contributed by atoms with Gasteiger partial charge in [-0.3, -0.25) is 9.69 Å². The van der Waals surface area contributed by atoms with Crippen LogP contribution in [0, 0.1) is 0 Å². The number of pyridine rings is 1. The summed E-state index contributed by atoms with van der Waals surface area (Å²) in [7, 11) is 0. The molecule has 6 heteroatoms. The van der Waals surface area contributed by atoms with Crippen LogP contribution in [0.4, 0.5) is 5.82 Å². The van der Waals surface area contributed by atoms with Gasteiger partial charge in [0.1, 0.15) is 13.1 Å². The molecule has 126 valence electrons. The van der Waals surface area contributed by atoms with Crippen molar-refractivity contribution in [1.29, 1.82) is 0 Å². The molecule has 1 N–H and O–H groups in total. The van der Waals surface area contributed by atoms with Crippen molar-refractivity contribution in [2.75, 3.05) is 31.1 Å². The Kier molecular flexibility index (Phi) is 5.63. The lowest BCUT2D eigenvalue weighted by Crippen LogP contribution is -2.51. The smallest absolute Gasteiger partial charge is 0.274 e. The van der Waals surface area contributed by atoms with Crippen LogP contribution in [0.5, 0.6) is 0 Å². The average Bonchev–Trinajstić information content (AvgIpc) is 2.64. The van der Waals surface area contributed by atoms with Crippen molar-refractivity contribution >= 4 is 35.1 Å². The van der Waals surface area contributed by atoms with E-state index in [-0.39, 0.29) is 11.2 Å². The fraction of sp³-hybridized carbons (Fsp3) is 0.333. The third kappa shape index (κ3) is 4.22. The summed E-state index contributed by atoms with van der Waals surface area (Å²) < 4.78 is 0. The predicted octanol–water partition coefficient (Wildman–Crippen LogP) is 2.98. The van der Waals surface area contributed by atoms with E-state index in [2.05, 4.69) is 16.0 Å². The standard InChI is InChI=1S/C18H20ClN3OS/c1-14(24-16-7-5-15(19)6-8-16)18(23)22-12-10-21(11-13-22)17-4-2-3-9-20-17/h2-9,14H,10-13H2,1H3/p+1/t14-/m1/s1. The number of amides is 1. The predicted molar refractivity (Wildman–Crippen MR) is 98.6 cm³/mol. The summed E-state index contributed by atoms with van der Waals surface area (Å²) >= 11 is 7.49. The fourth-order valence-electron chi connectivity index (χ4n) is 2.77. The number of hydrogen-bond donors (Lipinski definition) is 0. The molecule has 1 atom stereocenters. The molecule has 0 spiro atoms. The van der Waals surface area contributed by atoms with Gasteiger partial charge in [-0.2, -0.15) is 0 Å². The second kappa shape index (κ2) is 7.90. The second-order valence-corrected chi connectivity index (χ2v) is 7.62. The summed E-state index contributed by atoms with van der Waals surface area (Å²) in [5.74, 6) is 1.31. The first kappa shape index (κ1) is 17.1. The van der Waals surface area contributed by atoms with Gasteiger partial charge in [0.15, 0.2) is 0 Å². The van der Waals surface area contributed by atoms with Gasteiger partial charge in [-0.1, -0.05) is 17.7 Å². The monoisotopic (exact) mass is 362 g/mol. The molecular weight excluding hydrogens is 342 g/mol. The van der Waals surface area contributed by atoms with E-state index in [9.17, 15) is 4.79 Å².